The Labute approximate surface area is 97.6 Å². The van der Waals surface area contributed by atoms with Crippen molar-refractivity contribution in [1.82, 2.24) is 9.38 Å². The third-order valence-corrected chi connectivity index (χ3v) is 1.67. The molecule has 1 amide bonds. The molecule has 7 nitrogen and oxygen atoms in total. The number of carbonyl (C=O) groups excluding carboxylic acids is 1. The molecule has 0 aliphatic heterocycles. The topological polar surface area (TPSA) is 115 Å². The molecule has 2 aromatic rings. The van der Waals surface area contributed by atoms with E-state index in [-0.39, 0.29) is 0 Å². The summed E-state index contributed by atoms with van der Waals surface area (Å²) in [7, 11) is -3.67. The van der Waals surface area contributed by atoms with Crippen molar-refractivity contribution in [2.45, 2.75) is 0 Å². The van der Waals surface area contributed by atoms with Crippen LogP contribution in [0.5, 0.6) is 0 Å². The number of amides is 1. The second-order valence-electron chi connectivity index (χ2n) is 3.21. The van der Waals surface area contributed by atoms with E-state index in [0.29, 0.717) is 11.8 Å². The van der Waals surface area contributed by atoms with Crippen molar-refractivity contribution in [2.75, 3.05) is 6.26 Å². The van der Waals surface area contributed by atoms with Gasteiger partial charge in [-0.05, 0) is 12.1 Å². The lowest BCUT2D eigenvalue weighted by Crippen LogP contribution is -2.11. The van der Waals surface area contributed by atoms with E-state index in [0.717, 1.165) is 5.65 Å². The van der Waals surface area contributed by atoms with Crippen LogP contribution in [-0.2, 0) is 10.1 Å². The molecule has 0 radical (unpaired) electrons. The molecule has 0 unspecified atom stereocenters. The normalized spacial score (nSPS) is 10.7. The van der Waals surface area contributed by atoms with E-state index in [1.807, 2.05) is 0 Å². The monoisotopic (exact) mass is 257 g/mol. The Morgan fingerprint density at radius 3 is 2.59 bits per heavy atom. The lowest BCUT2D eigenvalue weighted by molar-refractivity contribution is 0.1000. The van der Waals surface area contributed by atoms with Gasteiger partial charge in [-0.3, -0.25) is 9.35 Å². The second kappa shape index (κ2) is 4.93. The van der Waals surface area contributed by atoms with Crippen LogP contribution in [0.2, 0.25) is 0 Å². The molecule has 3 N–H and O–H groups in total. The van der Waals surface area contributed by atoms with Crippen LogP contribution in [0, 0.1) is 0 Å². The number of nitrogens with two attached hydrogens (primary N) is 1. The third-order valence-electron chi connectivity index (χ3n) is 1.67. The van der Waals surface area contributed by atoms with Crippen LogP contribution in [0.15, 0.2) is 30.7 Å². The standard InChI is InChI=1S/C8H7N3O.CH4O3S/c9-8(12)6-1-2-7-10-3-4-11(7)5-6;1-5(2,3)4/h1-5H,(H2,9,12);1H3,(H,2,3,4). The van der Waals surface area contributed by atoms with Crippen molar-refractivity contribution < 1.29 is 17.8 Å². The van der Waals surface area contributed by atoms with Gasteiger partial charge in [-0.2, -0.15) is 8.42 Å². The third kappa shape index (κ3) is 4.62. The van der Waals surface area contributed by atoms with E-state index in [4.69, 9.17) is 10.3 Å². The van der Waals surface area contributed by atoms with Crippen LogP contribution in [0.3, 0.4) is 0 Å². The molecule has 2 rings (SSSR count). The molecule has 2 aromatic heterocycles. The lowest BCUT2D eigenvalue weighted by Gasteiger charge is -1.95. The Hall–Kier alpha value is -1.93. The number of primary amides is 1. The minimum Gasteiger partial charge on any atom is -0.366 e. The zero-order chi connectivity index (χ0) is 13.1. The van der Waals surface area contributed by atoms with Gasteiger partial charge in [0.2, 0.25) is 5.91 Å². The molecule has 0 aromatic carbocycles. The Bertz CT molecular complexity index is 624. The van der Waals surface area contributed by atoms with Crippen molar-refractivity contribution in [3.63, 3.8) is 0 Å². The van der Waals surface area contributed by atoms with Gasteiger partial charge in [0.1, 0.15) is 5.65 Å². The molecule has 0 saturated carbocycles. The molecule has 2 heterocycles. The Kier molecular flexibility index (Phi) is 3.81. The fraction of sp³-hybridized carbons (Fsp3) is 0.111. The van der Waals surface area contributed by atoms with Crippen molar-refractivity contribution >= 4 is 21.7 Å². The van der Waals surface area contributed by atoms with E-state index in [1.54, 1.807) is 35.1 Å². The highest BCUT2D eigenvalue weighted by molar-refractivity contribution is 7.85. The minimum atomic E-state index is -3.67. The van der Waals surface area contributed by atoms with Crippen LogP contribution in [-0.4, -0.2) is 34.5 Å². The first-order valence-corrected chi connectivity index (χ1v) is 6.27. The summed E-state index contributed by atoms with van der Waals surface area (Å²) >= 11 is 0. The summed E-state index contributed by atoms with van der Waals surface area (Å²) in [5.74, 6) is -0.425. The summed E-state index contributed by atoms with van der Waals surface area (Å²) in [5.41, 5.74) is 6.39. The fourth-order valence-electron chi connectivity index (χ4n) is 1.07. The second-order valence-corrected chi connectivity index (χ2v) is 4.67. The van der Waals surface area contributed by atoms with Gasteiger partial charge >= 0.3 is 0 Å². The Balaban J connectivity index is 0.000000249. The van der Waals surface area contributed by atoms with Crippen LogP contribution < -0.4 is 5.73 Å². The number of nitrogens with zero attached hydrogens (tertiary/aromatic N) is 2. The highest BCUT2D eigenvalue weighted by Crippen LogP contribution is 2.03. The number of rotatable bonds is 1. The van der Waals surface area contributed by atoms with Crippen molar-refractivity contribution in [1.29, 1.82) is 0 Å². The van der Waals surface area contributed by atoms with Gasteiger partial charge < -0.3 is 10.1 Å². The summed E-state index contributed by atoms with van der Waals surface area (Å²) in [4.78, 5) is 14.8. The predicted octanol–water partition coefficient (Wildman–Crippen LogP) is -0.0628. The van der Waals surface area contributed by atoms with Gasteiger partial charge in [-0.1, -0.05) is 0 Å². The first-order chi connectivity index (χ1) is 7.77. The molecular formula is C9H11N3O4S. The number of aromatic nitrogens is 2. The molecule has 0 bridgehead atoms. The smallest absolute Gasteiger partial charge is 0.261 e. The molecule has 8 heteroatoms. The summed E-state index contributed by atoms with van der Waals surface area (Å²) in [6, 6.07) is 3.41. The largest absolute Gasteiger partial charge is 0.366 e. The number of hydrogen-bond acceptors (Lipinski definition) is 4. The SMILES string of the molecule is CS(=O)(=O)O.NC(=O)c1ccc2nccn2c1. The molecule has 0 saturated heterocycles. The molecule has 0 spiro atoms. The lowest BCUT2D eigenvalue weighted by atomic mass is 10.3. The number of imidazole rings is 1. The number of pyridine rings is 1. The summed E-state index contributed by atoms with van der Waals surface area (Å²) in [5, 5.41) is 0. The van der Waals surface area contributed by atoms with Crippen LogP contribution in [0.4, 0.5) is 0 Å². The minimum absolute atomic E-state index is 0.425. The van der Waals surface area contributed by atoms with Gasteiger partial charge in [-0.15, -0.1) is 0 Å². The van der Waals surface area contributed by atoms with Gasteiger partial charge in [0.05, 0.1) is 11.8 Å². The van der Waals surface area contributed by atoms with E-state index in [9.17, 15) is 13.2 Å². The average Bonchev–Trinajstić information content (AvgIpc) is 2.60. The first-order valence-electron chi connectivity index (χ1n) is 4.42. The highest BCUT2D eigenvalue weighted by atomic mass is 32.2. The Morgan fingerprint density at radius 1 is 1.47 bits per heavy atom. The quantitative estimate of drug-likeness (QED) is 0.694. The summed E-state index contributed by atoms with van der Waals surface area (Å²) < 4.78 is 27.6. The predicted molar refractivity (Wildman–Crippen MR) is 61.2 cm³/mol. The van der Waals surface area contributed by atoms with Gasteiger partial charge in [0.25, 0.3) is 10.1 Å². The van der Waals surface area contributed by atoms with E-state index in [2.05, 4.69) is 4.98 Å². The molecule has 17 heavy (non-hydrogen) atoms. The van der Waals surface area contributed by atoms with Crippen LogP contribution in [0.1, 0.15) is 10.4 Å². The highest BCUT2D eigenvalue weighted by Gasteiger charge is 2.00. The molecule has 0 fully saturated rings. The number of hydrogen-bond donors (Lipinski definition) is 2. The maximum atomic E-state index is 10.8. The van der Waals surface area contributed by atoms with Crippen molar-refractivity contribution in [2.24, 2.45) is 5.73 Å². The summed E-state index contributed by atoms with van der Waals surface area (Å²) in [6.45, 7) is 0. The molecule has 92 valence electrons. The van der Waals surface area contributed by atoms with Gasteiger partial charge in [0.15, 0.2) is 0 Å². The molecular weight excluding hydrogens is 246 g/mol. The van der Waals surface area contributed by atoms with E-state index >= 15 is 0 Å². The Morgan fingerprint density at radius 2 is 2.06 bits per heavy atom. The van der Waals surface area contributed by atoms with Gasteiger partial charge in [-0.25, -0.2) is 4.98 Å². The van der Waals surface area contributed by atoms with Crippen molar-refractivity contribution in [3.8, 4) is 0 Å². The van der Waals surface area contributed by atoms with E-state index in [1.165, 1.54) is 0 Å². The zero-order valence-corrected chi connectivity index (χ0v) is 9.76. The van der Waals surface area contributed by atoms with Gasteiger partial charge in [0, 0.05) is 18.6 Å². The van der Waals surface area contributed by atoms with E-state index < -0.39 is 16.0 Å². The molecule has 0 atom stereocenters. The van der Waals surface area contributed by atoms with Crippen LogP contribution >= 0.6 is 0 Å². The number of carbonyl (C=O) groups is 1. The maximum absolute atomic E-state index is 10.8. The average molecular weight is 257 g/mol. The number of fused-ring (bicyclic) bond motifs is 1. The molecule has 0 aliphatic rings. The molecule has 0 aliphatic carbocycles. The summed E-state index contributed by atoms with van der Waals surface area (Å²) in [6.07, 6.45) is 5.81. The first kappa shape index (κ1) is 13.1. The van der Waals surface area contributed by atoms with Crippen molar-refractivity contribution in [3.05, 3.63) is 36.3 Å². The zero-order valence-electron chi connectivity index (χ0n) is 8.94. The maximum Gasteiger partial charge on any atom is 0.261 e. The van der Waals surface area contributed by atoms with Crippen LogP contribution in [0.25, 0.3) is 5.65 Å². The fourth-order valence-corrected chi connectivity index (χ4v) is 1.07.